The molecule has 1 heterocycles. The minimum absolute atomic E-state index is 0.159. The predicted octanol–water partition coefficient (Wildman–Crippen LogP) is 2.98. The highest BCUT2D eigenvalue weighted by molar-refractivity contribution is 7.80. The summed E-state index contributed by atoms with van der Waals surface area (Å²) in [5.41, 5.74) is 1.66. The smallest absolute Gasteiger partial charge is 0.338 e. The van der Waals surface area contributed by atoms with E-state index < -0.39 is 12.0 Å². The summed E-state index contributed by atoms with van der Waals surface area (Å²) in [5, 5.41) is 7.14. The molecular formula is C15H16Cl2N2O3S. The maximum Gasteiger partial charge on any atom is 0.338 e. The highest BCUT2D eigenvalue weighted by atomic mass is 35.5. The molecule has 1 aliphatic rings. The van der Waals surface area contributed by atoms with Gasteiger partial charge < -0.3 is 20.1 Å². The second-order valence-electron chi connectivity index (χ2n) is 4.84. The van der Waals surface area contributed by atoms with Crippen molar-refractivity contribution in [2.24, 2.45) is 0 Å². The molecule has 0 bridgehead atoms. The van der Waals surface area contributed by atoms with E-state index in [4.69, 9.17) is 44.9 Å². The van der Waals surface area contributed by atoms with Gasteiger partial charge in [-0.3, -0.25) is 0 Å². The lowest BCUT2D eigenvalue weighted by Gasteiger charge is -2.30. The zero-order valence-corrected chi connectivity index (χ0v) is 14.9. The molecule has 1 atom stereocenters. The van der Waals surface area contributed by atoms with E-state index in [1.165, 1.54) is 7.11 Å². The largest absolute Gasteiger partial charge is 0.460 e. The molecule has 8 heteroatoms. The molecule has 0 aromatic heterocycles. The first-order chi connectivity index (χ1) is 11.0. The molecule has 2 rings (SSSR count). The van der Waals surface area contributed by atoms with E-state index in [2.05, 4.69) is 10.6 Å². The Kier molecular flexibility index (Phi) is 6.24. The van der Waals surface area contributed by atoms with Crippen LogP contribution in [0.2, 0.25) is 10.0 Å². The molecule has 0 amide bonds. The summed E-state index contributed by atoms with van der Waals surface area (Å²) >= 11 is 17.5. The van der Waals surface area contributed by atoms with E-state index in [-0.39, 0.29) is 6.61 Å². The SMILES string of the molecule is COCCOC(=O)C1=C(C)NC(=S)N[C@H]1c1cccc(Cl)c1Cl. The van der Waals surface area contributed by atoms with Gasteiger partial charge in [-0.2, -0.15) is 0 Å². The molecule has 0 spiro atoms. The number of hydrogen-bond acceptors (Lipinski definition) is 4. The molecule has 1 aromatic carbocycles. The van der Waals surface area contributed by atoms with Crippen LogP contribution in [0.5, 0.6) is 0 Å². The number of thiocarbonyl (C=S) groups is 1. The molecule has 1 aromatic rings. The van der Waals surface area contributed by atoms with Crippen molar-refractivity contribution in [2.45, 2.75) is 13.0 Å². The van der Waals surface area contributed by atoms with Crippen LogP contribution in [0, 0.1) is 0 Å². The van der Waals surface area contributed by atoms with Crippen molar-refractivity contribution >= 4 is 46.5 Å². The van der Waals surface area contributed by atoms with Crippen LogP contribution in [-0.4, -0.2) is 31.4 Å². The number of hydrogen-bond donors (Lipinski definition) is 2. The van der Waals surface area contributed by atoms with Crippen molar-refractivity contribution in [3.63, 3.8) is 0 Å². The Morgan fingerprint density at radius 3 is 2.78 bits per heavy atom. The summed E-state index contributed by atoms with van der Waals surface area (Å²) in [6.07, 6.45) is 0. The van der Waals surface area contributed by atoms with Crippen LogP contribution in [0.4, 0.5) is 0 Å². The minimum atomic E-state index is -0.537. The van der Waals surface area contributed by atoms with Crippen molar-refractivity contribution in [1.82, 2.24) is 10.6 Å². The monoisotopic (exact) mass is 374 g/mol. The number of methoxy groups -OCH3 is 1. The fourth-order valence-electron chi connectivity index (χ4n) is 2.24. The molecular weight excluding hydrogens is 359 g/mol. The van der Waals surface area contributed by atoms with Gasteiger partial charge in [-0.15, -0.1) is 0 Å². The number of benzene rings is 1. The summed E-state index contributed by atoms with van der Waals surface area (Å²) < 4.78 is 10.1. The van der Waals surface area contributed by atoms with Crippen LogP contribution in [0.25, 0.3) is 0 Å². The third kappa shape index (κ3) is 4.14. The molecule has 0 saturated carbocycles. The molecule has 0 fully saturated rings. The number of rotatable bonds is 5. The number of nitrogens with one attached hydrogen (secondary N) is 2. The van der Waals surface area contributed by atoms with Gasteiger partial charge in [-0.1, -0.05) is 35.3 Å². The second kappa shape index (κ2) is 7.97. The summed E-state index contributed by atoms with van der Waals surface area (Å²) in [6.45, 7) is 2.23. The van der Waals surface area contributed by atoms with Crippen molar-refractivity contribution in [2.75, 3.05) is 20.3 Å². The molecule has 0 aliphatic carbocycles. The van der Waals surface area contributed by atoms with Crippen LogP contribution in [0.15, 0.2) is 29.5 Å². The van der Waals surface area contributed by atoms with Crippen LogP contribution < -0.4 is 10.6 Å². The van der Waals surface area contributed by atoms with E-state index in [1.807, 2.05) is 0 Å². The van der Waals surface area contributed by atoms with Crippen molar-refractivity contribution < 1.29 is 14.3 Å². The molecule has 0 saturated heterocycles. The topological polar surface area (TPSA) is 59.6 Å². The number of carbonyl (C=O) groups is 1. The normalized spacial score (nSPS) is 17.6. The number of halogens is 2. The van der Waals surface area contributed by atoms with Crippen LogP contribution in [-0.2, 0) is 14.3 Å². The Morgan fingerprint density at radius 1 is 1.35 bits per heavy atom. The highest BCUT2D eigenvalue weighted by Gasteiger charge is 2.32. The van der Waals surface area contributed by atoms with Crippen LogP contribution in [0.1, 0.15) is 18.5 Å². The fraction of sp³-hybridized carbons (Fsp3) is 0.333. The van der Waals surface area contributed by atoms with Gasteiger partial charge >= 0.3 is 5.97 Å². The first-order valence-corrected chi connectivity index (χ1v) is 8.00. The average Bonchev–Trinajstić information content (AvgIpc) is 2.49. The Bertz CT molecular complexity index is 664. The Balaban J connectivity index is 2.38. The first kappa shape index (κ1) is 18.0. The van der Waals surface area contributed by atoms with Gasteiger partial charge in [0, 0.05) is 12.8 Å². The maximum atomic E-state index is 12.4. The number of carbonyl (C=O) groups excluding carboxylic acids is 1. The first-order valence-electron chi connectivity index (χ1n) is 6.84. The van der Waals surface area contributed by atoms with Gasteiger partial charge in [0.25, 0.3) is 0 Å². The van der Waals surface area contributed by atoms with Crippen molar-refractivity contribution in [3.05, 3.63) is 45.1 Å². The second-order valence-corrected chi connectivity index (χ2v) is 6.04. The molecule has 5 nitrogen and oxygen atoms in total. The molecule has 0 unspecified atom stereocenters. The van der Waals surface area contributed by atoms with Crippen LogP contribution >= 0.6 is 35.4 Å². The van der Waals surface area contributed by atoms with E-state index in [0.717, 1.165) is 0 Å². The number of esters is 1. The van der Waals surface area contributed by atoms with E-state index in [9.17, 15) is 4.79 Å². The van der Waals surface area contributed by atoms with Gasteiger partial charge in [-0.05, 0) is 30.8 Å². The molecule has 2 N–H and O–H groups in total. The van der Waals surface area contributed by atoms with E-state index >= 15 is 0 Å². The number of ether oxygens (including phenoxy) is 2. The predicted molar refractivity (Wildman–Crippen MR) is 93.6 cm³/mol. The third-order valence-corrected chi connectivity index (χ3v) is 4.36. The lowest BCUT2D eigenvalue weighted by Crippen LogP contribution is -2.45. The van der Waals surface area contributed by atoms with Crippen molar-refractivity contribution in [3.8, 4) is 0 Å². The summed E-state index contributed by atoms with van der Waals surface area (Å²) in [5.74, 6) is -0.469. The van der Waals surface area contributed by atoms with Gasteiger partial charge in [-0.25, -0.2) is 4.79 Å². The number of allylic oxidation sites excluding steroid dienone is 1. The average molecular weight is 375 g/mol. The molecule has 0 radical (unpaired) electrons. The molecule has 23 heavy (non-hydrogen) atoms. The Hall–Kier alpha value is -1.34. The van der Waals surface area contributed by atoms with Crippen molar-refractivity contribution in [1.29, 1.82) is 0 Å². The third-order valence-electron chi connectivity index (χ3n) is 3.30. The molecule has 1 aliphatic heterocycles. The fourth-order valence-corrected chi connectivity index (χ4v) is 2.92. The van der Waals surface area contributed by atoms with Gasteiger partial charge in [0.2, 0.25) is 0 Å². The summed E-state index contributed by atoms with van der Waals surface area (Å²) in [4.78, 5) is 12.4. The zero-order valence-electron chi connectivity index (χ0n) is 12.6. The maximum absolute atomic E-state index is 12.4. The van der Waals surface area contributed by atoms with E-state index in [0.29, 0.717) is 38.6 Å². The Labute approximate surface area is 149 Å². The molecule has 124 valence electrons. The van der Waals surface area contributed by atoms with Gasteiger partial charge in [0.05, 0.1) is 28.3 Å². The van der Waals surface area contributed by atoms with E-state index in [1.54, 1.807) is 25.1 Å². The zero-order chi connectivity index (χ0) is 17.0. The Morgan fingerprint density at radius 2 is 2.09 bits per heavy atom. The standard InChI is InChI=1S/C15H16Cl2N2O3S/c1-8-11(14(20)22-7-6-21-2)13(19-15(23)18-8)9-4-3-5-10(16)12(9)17/h3-5,13H,6-7H2,1-2H3,(H2,18,19,23)/t13-/m0/s1. The van der Waals surface area contributed by atoms with Crippen LogP contribution in [0.3, 0.4) is 0 Å². The summed E-state index contributed by atoms with van der Waals surface area (Å²) in [6, 6.07) is 4.69. The highest BCUT2D eigenvalue weighted by Crippen LogP contribution is 2.35. The van der Waals surface area contributed by atoms with Gasteiger partial charge in [0.15, 0.2) is 5.11 Å². The quantitative estimate of drug-likeness (QED) is 0.469. The van der Waals surface area contributed by atoms with Gasteiger partial charge in [0.1, 0.15) is 6.61 Å². The summed E-state index contributed by atoms with van der Waals surface area (Å²) in [7, 11) is 1.54. The lowest BCUT2D eigenvalue weighted by atomic mass is 9.95. The lowest BCUT2D eigenvalue weighted by molar-refractivity contribution is -0.140. The minimum Gasteiger partial charge on any atom is -0.460 e.